The maximum Gasteiger partial charge on any atom is 0.407 e. The van der Waals surface area contributed by atoms with Crippen molar-refractivity contribution < 1.29 is 20.6 Å². The van der Waals surface area contributed by atoms with Gasteiger partial charge in [0.25, 0.3) is 0 Å². The highest BCUT2D eigenvalue weighted by atomic mass is 16.6. The summed E-state index contributed by atoms with van der Waals surface area (Å²) in [5.74, 6) is 0. The fourth-order valence-electron chi connectivity index (χ4n) is 2.07. The van der Waals surface area contributed by atoms with E-state index in [1.165, 1.54) is 18.2 Å². The molecule has 0 radical (unpaired) electrons. The number of hydrogen-bond donors (Lipinski definition) is 2. The molecule has 5 nitrogen and oxygen atoms in total. The number of hydrogen-bond acceptors (Lipinski definition) is 3. The molecular weight excluding hydrogens is 266 g/mol. The van der Waals surface area contributed by atoms with Crippen LogP contribution >= 0.6 is 0 Å². The topological polar surface area (TPSA) is 57.4 Å². The predicted molar refractivity (Wildman–Crippen MR) is 82.5 cm³/mol. The zero-order valence-corrected chi connectivity index (χ0v) is 11.8. The van der Waals surface area contributed by atoms with E-state index >= 15 is 0 Å². The number of aromatic nitrogens is 1. The first-order chi connectivity index (χ1) is 13.2. The van der Waals surface area contributed by atoms with Gasteiger partial charge in [0.15, 0.2) is 2.82 Å². The average Bonchev–Trinajstić information content (AvgIpc) is 2.90. The molecule has 1 aliphatic rings. The molecule has 1 aliphatic heterocycles. The molecule has 0 bridgehead atoms. The Labute approximate surface area is 135 Å². The van der Waals surface area contributed by atoms with E-state index in [2.05, 4.69) is 4.74 Å². The van der Waals surface area contributed by atoms with Crippen LogP contribution in [0, 0.1) is 0 Å². The van der Waals surface area contributed by atoms with Gasteiger partial charge in [-0.15, -0.1) is 0 Å². The number of alkyl carbamates (subject to hydrolysis) is 1. The molecule has 1 aromatic heterocycles. The molecule has 1 atom stereocenters. The Hall–Kier alpha value is -2.01. The van der Waals surface area contributed by atoms with Crippen molar-refractivity contribution in [1.82, 2.24) is 15.2 Å². The minimum Gasteiger partial charge on any atom is -0.447 e. The SMILES string of the molecule is [2H]c1c(C([2H])([2H])CN(C)C)c2cc(C[C@]3([2H])N([2H])C(=O)OC3([2H])[2H])ccc2n1[2H]. The van der Waals surface area contributed by atoms with Gasteiger partial charge in [0.1, 0.15) is 6.56 Å². The van der Waals surface area contributed by atoms with E-state index in [0.717, 1.165) is 4.98 Å². The lowest BCUT2D eigenvalue weighted by molar-refractivity contribution is 0.177. The third kappa shape index (κ3) is 3.19. The third-order valence-corrected chi connectivity index (χ3v) is 3.04. The van der Waals surface area contributed by atoms with E-state index in [0.29, 0.717) is 16.5 Å². The molecule has 2 N–H and O–H groups in total. The number of carbonyl (C=O) groups is 1. The van der Waals surface area contributed by atoms with Crippen LogP contribution < -0.4 is 5.31 Å². The first-order valence-electron chi connectivity index (χ1n) is 10.4. The van der Waals surface area contributed by atoms with Crippen LogP contribution in [0.25, 0.3) is 10.9 Å². The molecule has 21 heavy (non-hydrogen) atoms. The third-order valence-electron chi connectivity index (χ3n) is 3.04. The standard InChI is InChI=1S/C16H21N3O2/c1-19(2)6-5-12-9-17-15-4-3-11(8-14(12)15)7-13-10-21-16(20)18-13/h3-4,8-9,13,17H,5-7,10H2,1-2H3,(H,18,20)/t13-/m0/s1/i5D2,9D,10D2,13D/hD2. The fraction of sp³-hybridized carbons (Fsp3) is 0.438. The van der Waals surface area contributed by atoms with E-state index in [9.17, 15) is 4.79 Å². The first kappa shape index (κ1) is 7.31. The van der Waals surface area contributed by atoms with Gasteiger partial charge in [-0.25, -0.2) is 4.79 Å². The van der Waals surface area contributed by atoms with Crippen LogP contribution in [-0.2, 0) is 17.5 Å². The molecule has 1 aromatic carbocycles. The molecule has 2 aromatic rings. The highest BCUT2D eigenvalue weighted by Crippen LogP contribution is 2.21. The van der Waals surface area contributed by atoms with Gasteiger partial charge < -0.3 is 19.9 Å². The molecule has 1 saturated heterocycles. The Balaban J connectivity index is 2.11. The normalized spacial score (nSPS) is 30.8. The van der Waals surface area contributed by atoms with Crippen LogP contribution in [-0.4, -0.2) is 49.2 Å². The number of likely N-dealkylation sites (N-methyl/N-ethyl adjacent to an activating group) is 1. The molecule has 1 fully saturated rings. The minimum absolute atomic E-state index is 0.0153. The summed E-state index contributed by atoms with van der Waals surface area (Å²) in [6, 6.07) is 2.12. The Bertz CT molecular complexity index is 977. The lowest BCUT2D eigenvalue weighted by atomic mass is 10.0. The van der Waals surface area contributed by atoms with Crippen molar-refractivity contribution in [1.29, 1.82) is 0 Å². The van der Waals surface area contributed by atoms with Gasteiger partial charge in [0, 0.05) is 26.4 Å². The number of ether oxygens (including phenoxy) is 1. The second-order valence-electron chi connectivity index (χ2n) is 5.07. The van der Waals surface area contributed by atoms with Gasteiger partial charge in [-0.2, -0.15) is 0 Å². The zero-order chi connectivity index (χ0) is 21.9. The van der Waals surface area contributed by atoms with Crippen LogP contribution in [0.2, 0.25) is 2.82 Å². The van der Waals surface area contributed by atoms with E-state index in [1.54, 1.807) is 19.0 Å². The van der Waals surface area contributed by atoms with E-state index in [-0.39, 0.29) is 23.6 Å². The van der Waals surface area contributed by atoms with Gasteiger partial charge in [-0.3, -0.25) is 0 Å². The van der Waals surface area contributed by atoms with Gasteiger partial charge in [-0.1, -0.05) is 6.07 Å². The summed E-state index contributed by atoms with van der Waals surface area (Å²) in [6.07, 6.45) is -3.90. The molecule has 0 spiro atoms. The Morgan fingerprint density at radius 2 is 2.52 bits per heavy atom. The zero-order valence-electron chi connectivity index (χ0n) is 19.8. The molecule has 2 heterocycles. The Morgan fingerprint density at radius 1 is 1.67 bits per heavy atom. The van der Waals surface area contributed by atoms with Gasteiger partial charge in [0.2, 0.25) is 0 Å². The summed E-state index contributed by atoms with van der Waals surface area (Å²) >= 11 is 0. The van der Waals surface area contributed by atoms with Gasteiger partial charge in [-0.05, 0) is 50.1 Å². The summed E-state index contributed by atoms with van der Waals surface area (Å²) in [6.45, 7) is -2.74. The van der Waals surface area contributed by atoms with Gasteiger partial charge >= 0.3 is 6.09 Å². The Morgan fingerprint density at radius 3 is 3.24 bits per heavy atom. The van der Waals surface area contributed by atoms with Crippen LogP contribution in [0.4, 0.5) is 4.79 Å². The molecule has 5 heteroatoms. The van der Waals surface area contributed by atoms with Crippen molar-refractivity contribution in [3.63, 3.8) is 0 Å². The molecule has 0 saturated carbocycles. The van der Waals surface area contributed by atoms with Crippen LogP contribution in [0.15, 0.2) is 24.4 Å². The largest absolute Gasteiger partial charge is 0.447 e. The minimum atomic E-state index is -2.72. The molecular formula is C16H21N3O2. The van der Waals surface area contributed by atoms with Crippen LogP contribution in [0.3, 0.4) is 0 Å². The molecule has 0 aliphatic carbocycles. The highest BCUT2D eigenvalue weighted by molar-refractivity contribution is 5.84. The smallest absolute Gasteiger partial charge is 0.407 e. The van der Waals surface area contributed by atoms with E-state index in [1.807, 2.05) is 0 Å². The maximum atomic E-state index is 11.6. The lowest BCUT2D eigenvalue weighted by Gasteiger charge is -2.09. The second kappa shape index (κ2) is 5.77. The first-order valence-corrected chi connectivity index (χ1v) is 6.52. The van der Waals surface area contributed by atoms with Crippen molar-refractivity contribution in [2.45, 2.75) is 18.8 Å². The quantitative estimate of drug-likeness (QED) is 0.886. The van der Waals surface area contributed by atoms with Crippen molar-refractivity contribution in [2.24, 2.45) is 0 Å². The van der Waals surface area contributed by atoms with Crippen molar-refractivity contribution in [3.05, 3.63) is 35.5 Å². The number of rotatable bonds is 5. The van der Waals surface area contributed by atoms with E-state index in [4.69, 9.17) is 11.0 Å². The van der Waals surface area contributed by atoms with E-state index < -0.39 is 31.5 Å². The summed E-state index contributed by atoms with van der Waals surface area (Å²) in [4.78, 5) is 14.0. The number of cyclic esters (lactones) is 1. The number of H-pyrrole nitrogens is 1. The number of nitrogens with zero attached hydrogens (tertiary/aromatic N) is 1. The fourth-order valence-corrected chi connectivity index (χ4v) is 2.07. The van der Waals surface area contributed by atoms with Crippen molar-refractivity contribution >= 4 is 17.0 Å². The number of carbonyl (C=O) groups excluding carboxylic acids is 1. The average molecular weight is 295 g/mol. The summed E-state index contributed by atoms with van der Waals surface area (Å²) in [7, 11) is 3.39. The summed E-state index contributed by atoms with van der Waals surface area (Å²) in [5, 5.41) is 0.440. The monoisotopic (exact) mass is 295 g/mol. The maximum absolute atomic E-state index is 11.6. The van der Waals surface area contributed by atoms with Crippen molar-refractivity contribution in [3.8, 4) is 0 Å². The number of aromatic amines is 1. The molecule has 112 valence electrons. The summed E-state index contributed by atoms with van der Waals surface area (Å²) < 4.78 is 69.2. The Kier molecular flexibility index (Phi) is 2.01. The number of nitrogens with one attached hydrogen (secondary N) is 2. The summed E-state index contributed by atoms with van der Waals surface area (Å²) in [5.41, 5.74) is 0.654. The van der Waals surface area contributed by atoms with Crippen molar-refractivity contribution in [2.75, 3.05) is 27.2 Å². The van der Waals surface area contributed by atoms with Crippen LogP contribution in [0.1, 0.15) is 19.4 Å². The molecule has 0 unspecified atom stereocenters. The number of amides is 1. The lowest BCUT2D eigenvalue weighted by Crippen LogP contribution is -2.28. The second-order valence-corrected chi connectivity index (χ2v) is 5.07. The highest BCUT2D eigenvalue weighted by Gasteiger charge is 2.22. The number of benzene rings is 1. The van der Waals surface area contributed by atoms with Crippen LogP contribution in [0.5, 0.6) is 0 Å². The van der Waals surface area contributed by atoms with Gasteiger partial charge in [0.05, 0.1) is 11.5 Å². The predicted octanol–water partition coefficient (Wildman–Crippen LogP) is 1.92. The molecule has 3 rings (SSSR count). The molecule has 1 amide bonds. The number of fused-ring (bicyclic) bond motifs is 1.